The van der Waals surface area contributed by atoms with Gasteiger partial charge in [-0.2, -0.15) is 0 Å². The van der Waals surface area contributed by atoms with E-state index in [2.05, 4.69) is 10.1 Å². The van der Waals surface area contributed by atoms with Gasteiger partial charge >= 0.3 is 5.97 Å². The molecule has 1 saturated heterocycles. The second-order valence-corrected chi connectivity index (χ2v) is 3.07. The Morgan fingerprint density at radius 1 is 1.70 bits per heavy atom. The monoisotopic (exact) mass is 141 g/mol. The molecule has 2 rings (SSSR count). The van der Waals surface area contributed by atoms with Crippen molar-refractivity contribution < 1.29 is 9.53 Å². The van der Waals surface area contributed by atoms with Crippen molar-refractivity contribution >= 4 is 5.97 Å². The van der Waals surface area contributed by atoms with E-state index in [9.17, 15) is 4.79 Å². The average molecular weight is 141 g/mol. The molecule has 0 aromatic rings. The van der Waals surface area contributed by atoms with Crippen LogP contribution in [0.15, 0.2) is 0 Å². The third-order valence-electron chi connectivity index (χ3n) is 2.46. The summed E-state index contributed by atoms with van der Waals surface area (Å²) in [5.41, 5.74) is 0. The largest absolute Gasteiger partial charge is 0.468 e. The molecule has 3 atom stereocenters. The van der Waals surface area contributed by atoms with Gasteiger partial charge in [0, 0.05) is 0 Å². The summed E-state index contributed by atoms with van der Waals surface area (Å²) in [7, 11) is 1.44. The van der Waals surface area contributed by atoms with Crippen LogP contribution in [0, 0.1) is 11.8 Å². The standard InChI is InChI=1S/C7H11NO2/c1-10-7(9)6-5-2-4(5)3-8-6/h4-6,8H,2-3H2,1H3/t4-,5-,6-/m0/s1. The fraction of sp³-hybridized carbons (Fsp3) is 0.857. The molecule has 0 amide bonds. The van der Waals surface area contributed by atoms with E-state index in [1.54, 1.807) is 0 Å². The van der Waals surface area contributed by atoms with Gasteiger partial charge in [0.15, 0.2) is 0 Å². The van der Waals surface area contributed by atoms with Crippen LogP contribution in [-0.2, 0) is 9.53 Å². The van der Waals surface area contributed by atoms with Gasteiger partial charge in [0.05, 0.1) is 7.11 Å². The topological polar surface area (TPSA) is 38.3 Å². The average Bonchev–Trinajstić information content (AvgIpc) is 2.62. The van der Waals surface area contributed by atoms with Gasteiger partial charge in [-0.15, -0.1) is 0 Å². The van der Waals surface area contributed by atoms with Gasteiger partial charge in [-0.3, -0.25) is 4.79 Å². The first kappa shape index (κ1) is 6.16. The van der Waals surface area contributed by atoms with Crippen molar-refractivity contribution in [2.75, 3.05) is 13.7 Å². The van der Waals surface area contributed by atoms with Crippen molar-refractivity contribution in [3.8, 4) is 0 Å². The van der Waals surface area contributed by atoms with Crippen molar-refractivity contribution in [1.82, 2.24) is 5.32 Å². The molecule has 3 nitrogen and oxygen atoms in total. The molecular weight excluding hydrogens is 130 g/mol. The Balaban J connectivity index is 1.98. The van der Waals surface area contributed by atoms with Gasteiger partial charge in [-0.05, 0) is 24.8 Å². The summed E-state index contributed by atoms with van der Waals surface area (Å²) < 4.78 is 4.63. The van der Waals surface area contributed by atoms with Crippen LogP contribution in [0.3, 0.4) is 0 Å². The van der Waals surface area contributed by atoms with E-state index in [4.69, 9.17) is 0 Å². The maximum atomic E-state index is 11.0. The van der Waals surface area contributed by atoms with E-state index >= 15 is 0 Å². The third-order valence-corrected chi connectivity index (χ3v) is 2.46. The molecule has 56 valence electrons. The van der Waals surface area contributed by atoms with Gasteiger partial charge < -0.3 is 10.1 Å². The van der Waals surface area contributed by atoms with Crippen LogP contribution in [0.2, 0.25) is 0 Å². The van der Waals surface area contributed by atoms with Crippen LogP contribution in [0.1, 0.15) is 6.42 Å². The molecule has 0 aromatic heterocycles. The SMILES string of the molecule is COC(=O)[C@H]1NC[C@@H]2C[C@@H]21. The third kappa shape index (κ3) is 0.736. The molecule has 1 saturated carbocycles. The van der Waals surface area contributed by atoms with Crippen LogP contribution in [-0.4, -0.2) is 25.7 Å². The maximum absolute atomic E-state index is 11.0. The van der Waals surface area contributed by atoms with E-state index < -0.39 is 0 Å². The molecule has 0 aromatic carbocycles. The van der Waals surface area contributed by atoms with E-state index in [1.165, 1.54) is 13.5 Å². The molecule has 10 heavy (non-hydrogen) atoms. The lowest BCUT2D eigenvalue weighted by Gasteiger charge is -2.08. The van der Waals surface area contributed by atoms with Crippen LogP contribution < -0.4 is 5.32 Å². The van der Waals surface area contributed by atoms with Gasteiger partial charge in [0.25, 0.3) is 0 Å². The number of rotatable bonds is 1. The highest BCUT2D eigenvalue weighted by Crippen LogP contribution is 2.45. The lowest BCUT2D eigenvalue weighted by molar-refractivity contribution is -0.143. The number of hydrogen-bond donors (Lipinski definition) is 1. The molecule has 2 fully saturated rings. The summed E-state index contributed by atoms with van der Waals surface area (Å²) in [6, 6.07) is 0.00926. The molecule has 0 bridgehead atoms. The van der Waals surface area contributed by atoms with E-state index in [-0.39, 0.29) is 12.0 Å². The zero-order chi connectivity index (χ0) is 7.14. The zero-order valence-electron chi connectivity index (χ0n) is 5.96. The van der Waals surface area contributed by atoms with Gasteiger partial charge in [-0.1, -0.05) is 0 Å². The molecule has 0 spiro atoms. The number of carbonyl (C=O) groups excluding carboxylic acids is 1. The molecule has 1 aliphatic heterocycles. The minimum atomic E-state index is -0.0926. The summed E-state index contributed by atoms with van der Waals surface area (Å²) in [5, 5.41) is 3.13. The highest BCUT2D eigenvalue weighted by molar-refractivity contribution is 5.77. The number of piperidine rings is 1. The first-order chi connectivity index (χ1) is 4.83. The van der Waals surface area contributed by atoms with E-state index in [1.807, 2.05) is 0 Å². The first-order valence-electron chi connectivity index (χ1n) is 3.64. The normalized spacial score (nSPS) is 42.7. The fourth-order valence-electron chi connectivity index (χ4n) is 1.73. The minimum Gasteiger partial charge on any atom is -0.468 e. The Kier molecular flexibility index (Phi) is 1.20. The Labute approximate surface area is 59.7 Å². The summed E-state index contributed by atoms with van der Waals surface area (Å²) in [4.78, 5) is 11.0. The Bertz CT molecular complexity index is 169. The summed E-state index contributed by atoms with van der Waals surface area (Å²) in [6.07, 6.45) is 1.22. The zero-order valence-corrected chi connectivity index (χ0v) is 5.96. The number of nitrogens with one attached hydrogen (secondary N) is 1. The van der Waals surface area contributed by atoms with E-state index in [0.29, 0.717) is 5.92 Å². The highest BCUT2D eigenvalue weighted by Gasteiger charge is 2.51. The van der Waals surface area contributed by atoms with Gasteiger partial charge in [0.1, 0.15) is 6.04 Å². The number of hydrogen-bond acceptors (Lipinski definition) is 3. The van der Waals surface area contributed by atoms with Crippen molar-refractivity contribution in [3.05, 3.63) is 0 Å². The molecule has 3 heteroatoms. The number of esters is 1. The van der Waals surface area contributed by atoms with Gasteiger partial charge in [-0.25, -0.2) is 0 Å². The molecule has 1 heterocycles. The van der Waals surface area contributed by atoms with Crippen LogP contribution in [0.25, 0.3) is 0 Å². The van der Waals surface area contributed by atoms with Crippen LogP contribution >= 0.6 is 0 Å². The highest BCUT2D eigenvalue weighted by atomic mass is 16.5. The number of methoxy groups -OCH3 is 1. The summed E-state index contributed by atoms with van der Waals surface area (Å²) in [6.45, 7) is 1.00. The number of ether oxygens (including phenoxy) is 1. The summed E-state index contributed by atoms with van der Waals surface area (Å²) in [5.74, 6) is 1.27. The Morgan fingerprint density at radius 3 is 2.90 bits per heavy atom. The van der Waals surface area contributed by atoms with E-state index in [0.717, 1.165) is 12.5 Å². The summed E-state index contributed by atoms with van der Waals surface area (Å²) >= 11 is 0. The molecule has 2 aliphatic rings. The maximum Gasteiger partial charge on any atom is 0.323 e. The minimum absolute atomic E-state index is 0.00926. The van der Waals surface area contributed by atoms with Crippen molar-refractivity contribution in [3.63, 3.8) is 0 Å². The van der Waals surface area contributed by atoms with Crippen LogP contribution in [0.4, 0.5) is 0 Å². The lowest BCUT2D eigenvalue weighted by atomic mass is 10.2. The van der Waals surface area contributed by atoms with Crippen molar-refractivity contribution in [1.29, 1.82) is 0 Å². The molecule has 0 radical (unpaired) electrons. The molecule has 1 N–H and O–H groups in total. The fourth-order valence-corrected chi connectivity index (χ4v) is 1.73. The predicted octanol–water partition coefficient (Wildman–Crippen LogP) is -0.233. The van der Waals surface area contributed by atoms with Gasteiger partial charge in [0.2, 0.25) is 0 Å². The van der Waals surface area contributed by atoms with Crippen molar-refractivity contribution in [2.45, 2.75) is 12.5 Å². The molecule has 0 unspecified atom stereocenters. The smallest absolute Gasteiger partial charge is 0.323 e. The number of carbonyl (C=O) groups is 1. The second-order valence-electron chi connectivity index (χ2n) is 3.07. The Hall–Kier alpha value is -0.570. The van der Waals surface area contributed by atoms with Crippen LogP contribution in [0.5, 0.6) is 0 Å². The first-order valence-corrected chi connectivity index (χ1v) is 3.64. The quantitative estimate of drug-likeness (QED) is 0.512. The Morgan fingerprint density at radius 2 is 2.50 bits per heavy atom. The molecule has 1 aliphatic carbocycles. The predicted molar refractivity (Wildman–Crippen MR) is 35.4 cm³/mol. The lowest BCUT2D eigenvalue weighted by Crippen LogP contribution is -2.35. The second kappa shape index (κ2) is 1.95. The molecular formula is C7H11NO2. The van der Waals surface area contributed by atoms with Crippen molar-refractivity contribution in [2.24, 2.45) is 11.8 Å². The number of fused-ring (bicyclic) bond motifs is 1.